The Hall–Kier alpha value is -2.97. The van der Waals surface area contributed by atoms with Gasteiger partial charge in [-0.1, -0.05) is 12.1 Å². The van der Waals surface area contributed by atoms with Gasteiger partial charge in [0.2, 0.25) is 10.0 Å². The Bertz CT molecular complexity index is 1150. The number of carbonyl (C=O) groups is 1. The first-order valence-electron chi connectivity index (χ1n) is 9.83. The maximum absolute atomic E-state index is 13.1. The van der Waals surface area contributed by atoms with Crippen molar-refractivity contribution in [2.75, 3.05) is 26.2 Å². The quantitative estimate of drug-likeness (QED) is 0.645. The van der Waals surface area contributed by atoms with E-state index < -0.39 is 10.0 Å². The third kappa shape index (κ3) is 3.88. The van der Waals surface area contributed by atoms with Crippen molar-refractivity contribution in [3.63, 3.8) is 0 Å². The fraction of sp³-hybridized carbons (Fsp3) is 0.273. The van der Waals surface area contributed by atoms with Crippen LogP contribution in [-0.4, -0.2) is 59.5 Å². The summed E-state index contributed by atoms with van der Waals surface area (Å²) in [7, 11) is -3.57. The number of piperazine rings is 1. The monoisotopic (exact) mass is 424 g/mol. The van der Waals surface area contributed by atoms with Crippen molar-refractivity contribution >= 4 is 15.9 Å². The summed E-state index contributed by atoms with van der Waals surface area (Å²) in [4.78, 5) is 14.9. The average molecular weight is 425 g/mol. The second-order valence-corrected chi connectivity index (χ2v) is 9.37. The van der Waals surface area contributed by atoms with Crippen molar-refractivity contribution in [2.45, 2.75) is 18.7 Å². The molecule has 0 aliphatic carbocycles. The van der Waals surface area contributed by atoms with E-state index in [1.54, 1.807) is 40.9 Å². The lowest BCUT2D eigenvalue weighted by Crippen LogP contribution is -2.50. The number of amides is 1. The summed E-state index contributed by atoms with van der Waals surface area (Å²) in [5.41, 5.74) is 3.10. The Morgan fingerprint density at radius 1 is 0.967 bits per heavy atom. The van der Waals surface area contributed by atoms with E-state index in [0.29, 0.717) is 23.5 Å². The molecule has 0 atom stereocenters. The second kappa shape index (κ2) is 8.04. The zero-order valence-corrected chi connectivity index (χ0v) is 17.8. The van der Waals surface area contributed by atoms with E-state index in [0.717, 1.165) is 16.8 Å². The van der Waals surface area contributed by atoms with Gasteiger partial charge in [0.1, 0.15) is 0 Å². The van der Waals surface area contributed by atoms with E-state index in [2.05, 4.69) is 5.10 Å². The molecule has 1 fully saturated rings. The van der Waals surface area contributed by atoms with Gasteiger partial charge in [0.15, 0.2) is 0 Å². The molecular formula is C22H24N4O3S. The molecule has 0 unspecified atom stereocenters. The highest BCUT2D eigenvalue weighted by Crippen LogP contribution is 2.23. The first kappa shape index (κ1) is 20.3. The predicted octanol–water partition coefficient (Wildman–Crippen LogP) is 2.64. The molecule has 4 rings (SSSR count). The number of hydrogen-bond donors (Lipinski definition) is 0. The van der Waals surface area contributed by atoms with Crippen LogP contribution >= 0.6 is 0 Å². The van der Waals surface area contributed by atoms with E-state index in [-0.39, 0.29) is 19.0 Å². The number of carbonyl (C=O) groups excluding carboxylic acids is 1. The molecule has 30 heavy (non-hydrogen) atoms. The minimum atomic E-state index is -3.57. The highest BCUT2D eigenvalue weighted by Gasteiger charge is 2.31. The van der Waals surface area contributed by atoms with Crippen molar-refractivity contribution in [2.24, 2.45) is 0 Å². The third-order valence-electron chi connectivity index (χ3n) is 5.37. The molecule has 156 valence electrons. The molecule has 0 saturated carbocycles. The number of hydrogen-bond acceptors (Lipinski definition) is 4. The Labute approximate surface area is 176 Å². The normalized spacial score (nSPS) is 15.3. The maximum atomic E-state index is 13.1. The molecule has 2 heterocycles. The molecule has 7 nitrogen and oxygen atoms in total. The van der Waals surface area contributed by atoms with Gasteiger partial charge in [-0.05, 0) is 61.4 Å². The van der Waals surface area contributed by atoms with Crippen molar-refractivity contribution in [1.29, 1.82) is 0 Å². The zero-order chi connectivity index (χ0) is 21.3. The molecule has 2 aromatic carbocycles. The van der Waals surface area contributed by atoms with Gasteiger partial charge >= 0.3 is 0 Å². The Balaban J connectivity index is 1.44. The third-order valence-corrected chi connectivity index (χ3v) is 7.41. The number of nitrogens with zero attached hydrogens (tertiary/aromatic N) is 4. The van der Waals surface area contributed by atoms with E-state index in [4.69, 9.17) is 0 Å². The molecule has 3 aromatic rings. The zero-order valence-electron chi connectivity index (χ0n) is 17.0. The van der Waals surface area contributed by atoms with Gasteiger partial charge in [-0.25, -0.2) is 13.1 Å². The van der Waals surface area contributed by atoms with Crippen molar-refractivity contribution in [1.82, 2.24) is 19.0 Å². The highest BCUT2D eigenvalue weighted by atomic mass is 32.2. The molecule has 0 radical (unpaired) electrons. The van der Waals surface area contributed by atoms with Crippen LogP contribution in [0, 0.1) is 13.8 Å². The summed E-state index contributed by atoms with van der Waals surface area (Å²) in [5.74, 6) is -0.0919. The van der Waals surface area contributed by atoms with Gasteiger partial charge in [0, 0.05) is 44.1 Å². The van der Waals surface area contributed by atoms with Crippen molar-refractivity contribution in [3.05, 3.63) is 77.6 Å². The number of aromatic nitrogens is 2. The van der Waals surface area contributed by atoms with Crippen molar-refractivity contribution in [3.8, 4) is 5.69 Å². The van der Waals surface area contributed by atoms with E-state index in [1.807, 2.05) is 43.5 Å². The van der Waals surface area contributed by atoms with Gasteiger partial charge in [-0.2, -0.15) is 9.40 Å². The number of sulfonamides is 1. The summed E-state index contributed by atoms with van der Waals surface area (Å²) in [6.45, 7) is 4.99. The Morgan fingerprint density at radius 3 is 2.30 bits per heavy atom. The highest BCUT2D eigenvalue weighted by molar-refractivity contribution is 7.89. The first-order chi connectivity index (χ1) is 14.4. The van der Waals surface area contributed by atoms with Crippen LogP contribution in [0.5, 0.6) is 0 Å². The van der Waals surface area contributed by atoms with Gasteiger partial charge < -0.3 is 4.90 Å². The molecule has 1 amide bonds. The fourth-order valence-corrected chi connectivity index (χ4v) is 5.35. The molecule has 8 heteroatoms. The molecule has 1 aliphatic heterocycles. The van der Waals surface area contributed by atoms with Gasteiger partial charge in [-0.3, -0.25) is 4.79 Å². The summed E-state index contributed by atoms with van der Waals surface area (Å²) in [5, 5.41) is 4.18. The molecule has 1 aliphatic rings. The molecular weight excluding hydrogens is 400 g/mol. The lowest BCUT2D eigenvalue weighted by atomic mass is 10.1. The maximum Gasteiger partial charge on any atom is 0.253 e. The standard InChI is InChI=1S/C22H24N4O3S/c1-17-4-5-18(2)21(16-17)30(28,29)25-14-12-24(13-15-25)22(27)19-6-8-20(9-7-19)26-11-3-10-23-26/h3-11,16H,12-15H2,1-2H3. The van der Waals surface area contributed by atoms with Crippen LogP contribution in [-0.2, 0) is 10.0 Å². The molecule has 0 spiro atoms. The van der Waals surface area contributed by atoms with Crippen molar-refractivity contribution < 1.29 is 13.2 Å². The van der Waals surface area contributed by atoms with Crippen LogP contribution in [0.4, 0.5) is 0 Å². The Kier molecular flexibility index (Phi) is 5.44. The minimum Gasteiger partial charge on any atom is -0.336 e. The van der Waals surface area contributed by atoms with Crippen LogP contribution in [0.2, 0.25) is 0 Å². The van der Waals surface area contributed by atoms with Crippen LogP contribution in [0.25, 0.3) is 5.69 Å². The molecule has 0 N–H and O–H groups in total. The largest absolute Gasteiger partial charge is 0.336 e. The summed E-state index contributed by atoms with van der Waals surface area (Å²) < 4.78 is 29.3. The molecule has 0 bridgehead atoms. The second-order valence-electron chi connectivity index (χ2n) is 7.46. The number of rotatable bonds is 4. The first-order valence-corrected chi connectivity index (χ1v) is 11.3. The van der Waals surface area contributed by atoms with E-state index >= 15 is 0 Å². The summed E-state index contributed by atoms with van der Waals surface area (Å²) in [6.07, 6.45) is 3.54. The smallest absolute Gasteiger partial charge is 0.253 e. The minimum absolute atomic E-state index is 0.0919. The van der Waals surface area contributed by atoms with Crippen LogP contribution in [0.15, 0.2) is 65.8 Å². The average Bonchev–Trinajstić information content (AvgIpc) is 3.30. The Morgan fingerprint density at radius 2 is 1.67 bits per heavy atom. The van der Waals surface area contributed by atoms with Gasteiger partial charge in [-0.15, -0.1) is 0 Å². The molecule has 1 saturated heterocycles. The summed E-state index contributed by atoms with van der Waals surface area (Å²) >= 11 is 0. The number of aryl methyl sites for hydroxylation is 2. The predicted molar refractivity (Wildman–Crippen MR) is 114 cm³/mol. The lowest BCUT2D eigenvalue weighted by molar-refractivity contribution is 0.0698. The topological polar surface area (TPSA) is 75.5 Å². The van der Waals surface area contributed by atoms with E-state index in [9.17, 15) is 13.2 Å². The van der Waals surface area contributed by atoms with Gasteiger partial charge in [0.25, 0.3) is 5.91 Å². The SMILES string of the molecule is Cc1ccc(C)c(S(=O)(=O)N2CCN(C(=O)c3ccc(-n4cccn4)cc3)CC2)c1. The van der Waals surface area contributed by atoms with Crippen LogP contribution in [0.3, 0.4) is 0 Å². The fourth-order valence-electron chi connectivity index (χ4n) is 3.62. The van der Waals surface area contributed by atoms with Crippen LogP contribution in [0.1, 0.15) is 21.5 Å². The molecule has 1 aromatic heterocycles. The van der Waals surface area contributed by atoms with E-state index in [1.165, 1.54) is 4.31 Å². The number of benzene rings is 2. The lowest BCUT2D eigenvalue weighted by Gasteiger charge is -2.34. The van der Waals surface area contributed by atoms with Crippen LogP contribution < -0.4 is 0 Å². The van der Waals surface area contributed by atoms with Gasteiger partial charge in [0.05, 0.1) is 10.6 Å². The summed E-state index contributed by atoms with van der Waals surface area (Å²) in [6, 6.07) is 14.5.